The third-order valence-corrected chi connectivity index (χ3v) is 15.1. The summed E-state index contributed by atoms with van der Waals surface area (Å²) in [4.78, 5) is 46.5. The molecule has 0 atom stereocenters. The van der Waals surface area contributed by atoms with E-state index in [0.717, 1.165) is 96.2 Å². The van der Waals surface area contributed by atoms with Crippen LogP contribution in [0.2, 0.25) is 0 Å². The number of ether oxygens (including phenoxy) is 2. The number of allylic oxidation sites excluding steroid dienone is 6. The predicted octanol–water partition coefficient (Wildman–Crippen LogP) is 11.9. The molecule has 0 radical (unpaired) electrons. The van der Waals surface area contributed by atoms with Crippen LogP contribution < -0.4 is 9.47 Å². The third kappa shape index (κ3) is 5.47. The topological polar surface area (TPSA) is 135 Å². The molecule has 62 heavy (non-hydrogen) atoms. The molecule has 12 heteroatoms. The predicted molar refractivity (Wildman–Crippen MR) is 235 cm³/mol. The van der Waals surface area contributed by atoms with Crippen molar-refractivity contribution in [1.82, 2.24) is 9.97 Å². The molecule has 4 heterocycles. The normalized spacial score (nSPS) is 21.2. The number of carbonyl (C=O) groups is 2. The maximum absolute atomic E-state index is 13.9. The first-order valence-electron chi connectivity index (χ1n) is 20.7. The van der Waals surface area contributed by atoms with Gasteiger partial charge in [-0.2, -0.15) is 0 Å². The van der Waals surface area contributed by atoms with Gasteiger partial charge in [0, 0.05) is 55.7 Å². The van der Waals surface area contributed by atoms with E-state index in [2.05, 4.69) is 21.8 Å². The zero-order valence-electron chi connectivity index (χ0n) is 33.1. The lowest BCUT2D eigenvalue weighted by Crippen LogP contribution is -2.40. The Morgan fingerprint density at radius 2 is 1.00 bits per heavy atom. The minimum absolute atomic E-state index is 0.142. The van der Waals surface area contributed by atoms with Gasteiger partial charge in [-0.05, 0) is 86.8 Å². The highest BCUT2D eigenvalue weighted by molar-refractivity contribution is 7.16. The SMILES string of the molecule is [C-]#[N+]C(C#N)=C1/C(=C/c2nc3c(s2)-c2cc4c(cc2C2(CCCCC2)O3)-c2sc(/C=C3\C(=O)c5ccccc5\C3=C(\C#N)[N+]#[C-])nc2OC42CCCCC2)C(=O)c2ccccc21. The fraction of sp³-hybridized carbons (Fsp3) is 0.240. The number of ketones is 2. The molecule has 2 fully saturated rings. The summed E-state index contributed by atoms with van der Waals surface area (Å²) in [5.74, 6) is 0.521. The average Bonchev–Trinajstić information content (AvgIpc) is 4.04. The molecule has 0 N–H and O–H groups in total. The van der Waals surface area contributed by atoms with Crippen molar-refractivity contribution in [3.8, 4) is 44.8 Å². The monoisotopic (exact) mass is 844 g/mol. The van der Waals surface area contributed by atoms with E-state index in [4.69, 9.17) is 32.6 Å². The van der Waals surface area contributed by atoms with Crippen LogP contribution in [0.3, 0.4) is 0 Å². The van der Waals surface area contributed by atoms with E-state index in [1.807, 2.05) is 12.1 Å². The average molecular weight is 845 g/mol. The lowest BCUT2D eigenvalue weighted by Gasteiger charge is -2.45. The number of nitrogens with zero attached hydrogens (tertiary/aromatic N) is 6. The van der Waals surface area contributed by atoms with Crippen molar-refractivity contribution in [3.63, 3.8) is 0 Å². The molecule has 6 aliphatic rings. The van der Waals surface area contributed by atoms with Crippen LogP contribution in [-0.2, 0) is 11.2 Å². The van der Waals surface area contributed by atoms with E-state index >= 15 is 0 Å². The number of Topliss-reactive ketones (excluding diaryl/α,β-unsaturated/α-hetero) is 2. The maximum Gasteiger partial charge on any atom is 0.270 e. The third-order valence-electron chi connectivity index (χ3n) is 13.1. The molecule has 2 aromatic heterocycles. The van der Waals surface area contributed by atoms with Gasteiger partial charge in [0.2, 0.25) is 11.8 Å². The highest BCUT2D eigenvalue weighted by Gasteiger charge is 2.49. The van der Waals surface area contributed by atoms with Crippen LogP contribution in [0.15, 0.2) is 83.2 Å². The van der Waals surface area contributed by atoms with Crippen molar-refractivity contribution in [2.24, 2.45) is 0 Å². The number of fused-ring (bicyclic) bond motifs is 10. The van der Waals surface area contributed by atoms with E-state index in [1.165, 1.54) is 22.7 Å². The maximum atomic E-state index is 13.9. The standard InChI is InChI=1S/C50H32N6O4S2/c1-53-37(25-51)41-27-13-5-7-15-29(27)43(57)33(41)23-39-55-47-45(61-39)31-21-36-32(22-35(31)49(59-47)17-9-3-10-18-49)46-48(60-50(36)19-11-4-12-20-50)56-40(62-46)24-34-42(38(26-52)54-2)28-14-6-8-16-30(28)44(34)58/h5-8,13-16,21-24H,3-4,9-12,17-20H2/b33-23-,34-24-,41-37+,42-38?. The summed E-state index contributed by atoms with van der Waals surface area (Å²) in [6.45, 7) is 15.5. The van der Waals surface area contributed by atoms with Gasteiger partial charge in [-0.25, -0.2) is 30.2 Å². The van der Waals surface area contributed by atoms with Gasteiger partial charge >= 0.3 is 0 Å². The number of aromatic nitrogens is 2. The minimum Gasteiger partial charge on any atom is -0.465 e. The number of hydrogen-bond donors (Lipinski definition) is 0. The van der Waals surface area contributed by atoms with Gasteiger partial charge in [0.15, 0.2) is 11.6 Å². The van der Waals surface area contributed by atoms with Crippen molar-refractivity contribution in [3.05, 3.63) is 149 Å². The zero-order chi connectivity index (χ0) is 42.3. The second-order valence-electron chi connectivity index (χ2n) is 16.4. The zero-order valence-corrected chi connectivity index (χ0v) is 34.8. The van der Waals surface area contributed by atoms with Crippen LogP contribution in [0.5, 0.6) is 11.8 Å². The Hall–Kier alpha value is -7.22. The molecular formula is C50H32N6O4S2. The summed E-state index contributed by atoms with van der Waals surface area (Å²) >= 11 is 2.86. The van der Waals surface area contributed by atoms with E-state index < -0.39 is 11.2 Å². The lowest BCUT2D eigenvalue weighted by molar-refractivity contribution is 0.0162. The van der Waals surface area contributed by atoms with Gasteiger partial charge < -0.3 is 9.47 Å². The summed E-state index contributed by atoms with van der Waals surface area (Å²) in [6.07, 6.45) is 12.8. The van der Waals surface area contributed by atoms with Crippen LogP contribution in [0.4, 0.5) is 0 Å². The largest absolute Gasteiger partial charge is 0.465 e. The first-order chi connectivity index (χ1) is 30.3. The number of hydrogen-bond acceptors (Lipinski definition) is 10. The van der Waals surface area contributed by atoms with Crippen molar-refractivity contribution >= 4 is 57.5 Å². The summed E-state index contributed by atoms with van der Waals surface area (Å²) in [6, 6.07) is 22.7. The Labute approximate surface area is 365 Å². The molecule has 2 saturated carbocycles. The fourth-order valence-corrected chi connectivity index (χ4v) is 12.3. The smallest absolute Gasteiger partial charge is 0.270 e. The van der Waals surface area contributed by atoms with Gasteiger partial charge in [-0.15, -0.1) is 22.7 Å². The summed E-state index contributed by atoms with van der Waals surface area (Å²) < 4.78 is 14.1. The van der Waals surface area contributed by atoms with Crippen LogP contribution in [0.25, 0.3) is 53.9 Å². The van der Waals surface area contributed by atoms with E-state index in [-0.39, 0.29) is 34.1 Å². The summed E-state index contributed by atoms with van der Waals surface area (Å²) in [5.41, 5.74) is 5.87. The molecule has 0 bridgehead atoms. The molecule has 298 valence electrons. The van der Waals surface area contributed by atoms with Crippen LogP contribution in [0, 0.1) is 35.8 Å². The second-order valence-corrected chi connectivity index (χ2v) is 18.5. The fourth-order valence-electron chi connectivity index (χ4n) is 10.4. The van der Waals surface area contributed by atoms with Gasteiger partial charge in [-0.1, -0.05) is 61.4 Å². The van der Waals surface area contributed by atoms with E-state index in [0.29, 0.717) is 55.2 Å². The molecule has 11 rings (SSSR count). The Bertz CT molecular complexity index is 2950. The van der Waals surface area contributed by atoms with Gasteiger partial charge in [0.1, 0.15) is 21.2 Å². The summed E-state index contributed by atoms with van der Waals surface area (Å²) in [7, 11) is 0. The van der Waals surface area contributed by atoms with Gasteiger partial charge in [-0.3, -0.25) is 9.59 Å². The number of thiazole rings is 2. The molecular weight excluding hydrogens is 813 g/mol. The molecule has 0 unspecified atom stereocenters. The summed E-state index contributed by atoms with van der Waals surface area (Å²) in [5, 5.41) is 21.0. The molecule has 4 aliphatic carbocycles. The number of nitriles is 2. The molecule has 3 aromatic carbocycles. The van der Waals surface area contributed by atoms with Crippen molar-refractivity contribution < 1.29 is 19.1 Å². The number of rotatable bonds is 2. The Morgan fingerprint density at radius 1 is 0.613 bits per heavy atom. The van der Waals surface area contributed by atoms with Crippen LogP contribution in [0.1, 0.15) is 117 Å². The number of carbonyl (C=O) groups excluding carboxylic acids is 2. The molecule has 5 aromatic rings. The van der Waals surface area contributed by atoms with E-state index in [9.17, 15) is 20.1 Å². The highest BCUT2D eigenvalue weighted by Crippen LogP contribution is 2.59. The Balaban J connectivity index is 1.08. The van der Waals surface area contributed by atoms with Crippen molar-refractivity contribution in [2.45, 2.75) is 75.4 Å². The first kappa shape index (κ1) is 37.8. The molecule has 10 nitrogen and oxygen atoms in total. The minimum atomic E-state index is -0.639. The number of benzene rings is 3. The van der Waals surface area contributed by atoms with Gasteiger partial charge in [0.05, 0.1) is 35.0 Å². The second kappa shape index (κ2) is 14.2. The lowest BCUT2D eigenvalue weighted by atomic mass is 9.71. The molecule has 0 saturated heterocycles. The quantitative estimate of drug-likeness (QED) is 0.0974. The van der Waals surface area contributed by atoms with E-state index in [1.54, 1.807) is 60.7 Å². The molecule has 2 spiro atoms. The van der Waals surface area contributed by atoms with Crippen molar-refractivity contribution in [1.29, 1.82) is 10.5 Å². The van der Waals surface area contributed by atoms with Crippen LogP contribution >= 0.6 is 22.7 Å². The Kier molecular flexibility index (Phi) is 8.64. The van der Waals surface area contributed by atoms with Crippen molar-refractivity contribution in [2.75, 3.05) is 0 Å². The first-order valence-corrected chi connectivity index (χ1v) is 22.3. The molecule has 2 aliphatic heterocycles. The highest BCUT2D eigenvalue weighted by atomic mass is 32.1. The Morgan fingerprint density at radius 3 is 1.37 bits per heavy atom. The molecule has 0 amide bonds. The van der Waals surface area contributed by atoms with Gasteiger partial charge in [0.25, 0.3) is 11.4 Å². The van der Waals surface area contributed by atoms with Crippen LogP contribution in [-0.4, -0.2) is 21.5 Å².